The number of aromatic nitrogens is 1. The Morgan fingerprint density at radius 3 is 2.47 bits per heavy atom. The molecule has 98 valence electrons. The molecular weight excluding hydrogens is 252 g/mol. The minimum Gasteiger partial charge on any atom is -0.481 e. The van der Waals surface area contributed by atoms with Gasteiger partial charge in [-0.1, -0.05) is 12.1 Å². The van der Waals surface area contributed by atoms with Crippen LogP contribution in [0.2, 0.25) is 0 Å². The van der Waals surface area contributed by atoms with E-state index < -0.39 is 23.5 Å². The molecule has 5 heteroatoms. The van der Waals surface area contributed by atoms with Gasteiger partial charge in [0, 0.05) is 12.1 Å². The topological polar surface area (TPSA) is 50.2 Å². The van der Waals surface area contributed by atoms with Gasteiger partial charge in [-0.05, 0) is 29.3 Å². The van der Waals surface area contributed by atoms with Gasteiger partial charge in [0.2, 0.25) is 0 Å². The molecule has 0 bridgehead atoms. The van der Waals surface area contributed by atoms with Crippen LogP contribution in [0.4, 0.5) is 8.78 Å². The molecule has 19 heavy (non-hydrogen) atoms. The van der Waals surface area contributed by atoms with Crippen molar-refractivity contribution in [2.24, 2.45) is 0 Å². The van der Waals surface area contributed by atoms with E-state index in [0.717, 1.165) is 6.20 Å². The fourth-order valence-electron chi connectivity index (χ4n) is 1.95. The molecular formula is C14H11F2NO2. The molecule has 2 aromatic rings. The van der Waals surface area contributed by atoms with E-state index in [9.17, 15) is 13.6 Å². The third-order valence-electron chi connectivity index (χ3n) is 2.83. The van der Waals surface area contributed by atoms with Crippen LogP contribution in [0.3, 0.4) is 0 Å². The van der Waals surface area contributed by atoms with Gasteiger partial charge in [0.25, 0.3) is 0 Å². The average molecular weight is 263 g/mol. The molecule has 0 amide bonds. The first-order valence-corrected chi connectivity index (χ1v) is 5.64. The monoisotopic (exact) mass is 263 g/mol. The summed E-state index contributed by atoms with van der Waals surface area (Å²) >= 11 is 0. The summed E-state index contributed by atoms with van der Waals surface area (Å²) in [6.07, 6.45) is 2.16. The van der Waals surface area contributed by atoms with Gasteiger partial charge < -0.3 is 5.11 Å². The van der Waals surface area contributed by atoms with Crippen molar-refractivity contribution >= 4 is 5.97 Å². The lowest BCUT2D eigenvalue weighted by molar-refractivity contribution is -0.137. The summed E-state index contributed by atoms with van der Waals surface area (Å²) in [5.41, 5.74) is 0.790. The Balaban J connectivity index is 2.44. The lowest BCUT2D eigenvalue weighted by Gasteiger charge is -2.16. The number of nitrogens with zero attached hydrogens (tertiary/aromatic N) is 1. The summed E-state index contributed by atoms with van der Waals surface area (Å²) in [6.45, 7) is 0. The Hall–Kier alpha value is -2.30. The number of hydrogen-bond donors (Lipinski definition) is 1. The molecule has 1 aromatic carbocycles. The van der Waals surface area contributed by atoms with Gasteiger partial charge in [-0.15, -0.1) is 0 Å². The van der Waals surface area contributed by atoms with Crippen molar-refractivity contribution < 1.29 is 18.7 Å². The second kappa shape index (κ2) is 5.56. The predicted octanol–water partition coefficient (Wildman–Crippen LogP) is 2.97. The Bertz CT molecular complexity index is 584. The standard InChI is InChI=1S/C14H11F2NO2/c15-10-3-1-9(2-4-10)12(7-14(18)19)11-5-6-17-8-13(11)16/h1-6,8,12H,7H2,(H,18,19)/t12-/m0/s1. The lowest BCUT2D eigenvalue weighted by atomic mass is 9.89. The number of benzene rings is 1. The third kappa shape index (κ3) is 3.13. The summed E-state index contributed by atoms with van der Waals surface area (Å²) < 4.78 is 26.6. The molecule has 0 saturated heterocycles. The molecule has 0 fully saturated rings. The van der Waals surface area contributed by atoms with Crippen molar-refractivity contribution in [3.05, 3.63) is 65.5 Å². The average Bonchev–Trinajstić information content (AvgIpc) is 2.38. The third-order valence-corrected chi connectivity index (χ3v) is 2.83. The first kappa shape index (κ1) is 13.1. The number of carboxylic acid groups (broad SMARTS) is 1. The van der Waals surface area contributed by atoms with E-state index in [1.165, 1.54) is 36.5 Å². The Labute approximate surface area is 108 Å². The van der Waals surface area contributed by atoms with Gasteiger partial charge >= 0.3 is 5.97 Å². The van der Waals surface area contributed by atoms with E-state index in [4.69, 9.17) is 5.11 Å². The summed E-state index contributed by atoms with van der Waals surface area (Å²) in [7, 11) is 0. The predicted molar refractivity (Wildman–Crippen MR) is 64.7 cm³/mol. The molecule has 3 nitrogen and oxygen atoms in total. The van der Waals surface area contributed by atoms with Crippen LogP contribution < -0.4 is 0 Å². The molecule has 1 N–H and O–H groups in total. The second-order valence-corrected chi connectivity index (χ2v) is 4.10. The highest BCUT2D eigenvalue weighted by atomic mass is 19.1. The summed E-state index contributed by atoms with van der Waals surface area (Å²) in [5.74, 6) is -2.71. The van der Waals surface area contributed by atoms with Crippen molar-refractivity contribution in [2.45, 2.75) is 12.3 Å². The zero-order chi connectivity index (χ0) is 13.8. The van der Waals surface area contributed by atoms with Gasteiger partial charge in [-0.3, -0.25) is 9.78 Å². The Morgan fingerprint density at radius 2 is 1.89 bits per heavy atom. The van der Waals surface area contributed by atoms with Gasteiger partial charge in [-0.2, -0.15) is 0 Å². The first-order chi connectivity index (χ1) is 9.08. The van der Waals surface area contributed by atoms with E-state index in [1.54, 1.807) is 0 Å². The van der Waals surface area contributed by atoms with Gasteiger partial charge in [0.1, 0.15) is 11.6 Å². The van der Waals surface area contributed by atoms with Crippen LogP contribution in [-0.2, 0) is 4.79 Å². The van der Waals surface area contributed by atoms with E-state index in [0.29, 0.717) is 5.56 Å². The molecule has 0 aliphatic rings. The van der Waals surface area contributed by atoms with Gasteiger partial charge in [0.15, 0.2) is 0 Å². The maximum atomic E-state index is 13.7. The number of pyridine rings is 1. The molecule has 0 saturated carbocycles. The molecule has 0 aliphatic carbocycles. The number of hydrogen-bond acceptors (Lipinski definition) is 2. The zero-order valence-corrected chi connectivity index (χ0v) is 9.88. The molecule has 2 rings (SSSR count). The Kier molecular flexibility index (Phi) is 3.85. The number of carboxylic acids is 1. The Morgan fingerprint density at radius 1 is 1.21 bits per heavy atom. The summed E-state index contributed by atoms with van der Waals surface area (Å²) in [6, 6.07) is 6.81. The molecule has 1 aromatic heterocycles. The van der Waals surface area contributed by atoms with Crippen LogP contribution in [0.25, 0.3) is 0 Å². The van der Waals surface area contributed by atoms with Crippen LogP contribution in [0.5, 0.6) is 0 Å². The maximum absolute atomic E-state index is 13.7. The molecule has 0 aliphatic heterocycles. The SMILES string of the molecule is O=C(O)C[C@@H](c1ccc(F)cc1)c1ccncc1F. The lowest BCUT2D eigenvalue weighted by Crippen LogP contribution is -2.10. The van der Waals surface area contributed by atoms with Crippen molar-refractivity contribution in [3.8, 4) is 0 Å². The minimum absolute atomic E-state index is 0.240. The minimum atomic E-state index is -1.05. The van der Waals surface area contributed by atoms with E-state index in [-0.39, 0.29) is 12.0 Å². The van der Waals surface area contributed by atoms with Crippen LogP contribution in [0.1, 0.15) is 23.5 Å². The van der Waals surface area contributed by atoms with E-state index in [2.05, 4.69) is 4.98 Å². The van der Waals surface area contributed by atoms with Crippen molar-refractivity contribution in [1.29, 1.82) is 0 Å². The van der Waals surface area contributed by atoms with Crippen LogP contribution in [0, 0.1) is 11.6 Å². The largest absolute Gasteiger partial charge is 0.481 e. The normalized spacial score (nSPS) is 12.1. The first-order valence-electron chi connectivity index (χ1n) is 5.64. The summed E-state index contributed by atoms with van der Waals surface area (Å²) in [5, 5.41) is 8.94. The smallest absolute Gasteiger partial charge is 0.304 e. The fraction of sp³-hybridized carbons (Fsp3) is 0.143. The number of rotatable bonds is 4. The van der Waals surface area contributed by atoms with E-state index >= 15 is 0 Å². The van der Waals surface area contributed by atoms with Gasteiger partial charge in [-0.25, -0.2) is 8.78 Å². The molecule has 0 unspecified atom stereocenters. The molecule has 0 spiro atoms. The van der Waals surface area contributed by atoms with Crippen LogP contribution in [-0.4, -0.2) is 16.1 Å². The van der Waals surface area contributed by atoms with Crippen LogP contribution in [0.15, 0.2) is 42.7 Å². The number of halogens is 2. The fourth-order valence-corrected chi connectivity index (χ4v) is 1.95. The molecule has 1 atom stereocenters. The highest BCUT2D eigenvalue weighted by Crippen LogP contribution is 2.29. The highest BCUT2D eigenvalue weighted by molar-refractivity contribution is 5.69. The number of aliphatic carboxylic acids is 1. The second-order valence-electron chi connectivity index (χ2n) is 4.10. The zero-order valence-electron chi connectivity index (χ0n) is 9.88. The van der Waals surface area contributed by atoms with Crippen molar-refractivity contribution in [3.63, 3.8) is 0 Å². The number of carbonyl (C=O) groups is 1. The van der Waals surface area contributed by atoms with Crippen LogP contribution >= 0.6 is 0 Å². The van der Waals surface area contributed by atoms with Gasteiger partial charge in [0.05, 0.1) is 12.6 Å². The van der Waals surface area contributed by atoms with Crippen molar-refractivity contribution in [2.75, 3.05) is 0 Å². The summed E-state index contributed by atoms with van der Waals surface area (Å²) in [4.78, 5) is 14.6. The molecule has 0 radical (unpaired) electrons. The van der Waals surface area contributed by atoms with E-state index in [1.807, 2.05) is 0 Å². The highest BCUT2D eigenvalue weighted by Gasteiger charge is 2.21. The maximum Gasteiger partial charge on any atom is 0.304 e. The molecule has 1 heterocycles. The van der Waals surface area contributed by atoms with Crippen molar-refractivity contribution in [1.82, 2.24) is 4.98 Å². The quantitative estimate of drug-likeness (QED) is 0.922.